The molecule has 4 aromatic rings. The van der Waals surface area contributed by atoms with Crippen LogP contribution in [0.15, 0.2) is 84.9 Å². The molecule has 1 fully saturated rings. The molecular formula is C33H38N4O6. The van der Waals surface area contributed by atoms with Gasteiger partial charge in [0.2, 0.25) is 0 Å². The molecule has 1 aliphatic rings. The summed E-state index contributed by atoms with van der Waals surface area (Å²) in [6.07, 6.45) is -4.53. The third-order valence-electron chi connectivity index (χ3n) is 7.49. The predicted molar refractivity (Wildman–Crippen MR) is 162 cm³/mol. The average molecular weight is 587 g/mol. The highest BCUT2D eigenvalue weighted by molar-refractivity contribution is 5.83. The minimum atomic E-state index is -2.27. The lowest BCUT2D eigenvalue weighted by Crippen LogP contribution is -2.47. The summed E-state index contributed by atoms with van der Waals surface area (Å²) in [5.74, 6) is -2.57. The van der Waals surface area contributed by atoms with Crippen molar-refractivity contribution in [3.63, 3.8) is 0 Å². The summed E-state index contributed by atoms with van der Waals surface area (Å²) in [5.41, 5.74) is 7.46. The minimum absolute atomic E-state index is 0.301. The molecule has 3 aromatic carbocycles. The summed E-state index contributed by atoms with van der Waals surface area (Å²) in [4.78, 5) is 33.1. The maximum atomic E-state index is 9.77. The fraction of sp³-hybridized carbons (Fsp3) is 0.303. The van der Waals surface area contributed by atoms with Crippen LogP contribution in [0.4, 0.5) is 0 Å². The van der Waals surface area contributed by atoms with Gasteiger partial charge in [-0.15, -0.1) is 0 Å². The lowest BCUT2D eigenvalue weighted by Gasteiger charge is -2.39. The zero-order valence-corrected chi connectivity index (χ0v) is 24.3. The third-order valence-corrected chi connectivity index (χ3v) is 7.49. The highest BCUT2D eigenvalue weighted by atomic mass is 16.4. The maximum absolute atomic E-state index is 9.77. The van der Waals surface area contributed by atoms with Crippen LogP contribution in [-0.2, 0) is 16.1 Å². The SMILES string of the molecule is Cc1ccc(-c2nc(CN3CCN(C(c4ccccc4)c4ccccc4)CC3)c(C)[nH]2)cc1.O=C(O)C(O)C(O)C(=O)O. The molecule has 0 aliphatic carbocycles. The Morgan fingerprint density at radius 3 is 1.72 bits per heavy atom. The zero-order valence-electron chi connectivity index (χ0n) is 24.3. The Labute approximate surface area is 250 Å². The van der Waals surface area contributed by atoms with E-state index in [1.54, 1.807) is 0 Å². The van der Waals surface area contributed by atoms with Gasteiger partial charge in [-0.2, -0.15) is 0 Å². The molecule has 0 spiro atoms. The van der Waals surface area contributed by atoms with E-state index in [4.69, 9.17) is 25.4 Å². The van der Waals surface area contributed by atoms with E-state index in [2.05, 4.69) is 114 Å². The van der Waals surface area contributed by atoms with Gasteiger partial charge in [-0.3, -0.25) is 9.80 Å². The molecule has 2 heterocycles. The summed E-state index contributed by atoms with van der Waals surface area (Å²) in [7, 11) is 0. The highest BCUT2D eigenvalue weighted by Crippen LogP contribution is 2.30. The van der Waals surface area contributed by atoms with E-state index in [-0.39, 0.29) is 0 Å². The van der Waals surface area contributed by atoms with E-state index >= 15 is 0 Å². The number of imidazole rings is 1. The Balaban J connectivity index is 0.000000365. The van der Waals surface area contributed by atoms with Gasteiger partial charge in [-0.25, -0.2) is 14.6 Å². The molecule has 226 valence electrons. The quantitative estimate of drug-likeness (QED) is 0.199. The van der Waals surface area contributed by atoms with Gasteiger partial charge in [0.15, 0.2) is 12.2 Å². The van der Waals surface area contributed by atoms with Crippen LogP contribution < -0.4 is 0 Å². The molecule has 0 bridgehead atoms. The first-order chi connectivity index (χ1) is 20.6. The van der Waals surface area contributed by atoms with Gasteiger partial charge < -0.3 is 25.4 Å². The van der Waals surface area contributed by atoms with Crippen molar-refractivity contribution in [2.24, 2.45) is 0 Å². The van der Waals surface area contributed by atoms with Crippen molar-refractivity contribution in [1.29, 1.82) is 0 Å². The molecule has 0 saturated carbocycles. The Bertz CT molecular complexity index is 1410. The predicted octanol–water partition coefficient (Wildman–Crippen LogP) is 3.48. The van der Waals surface area contributed by atoms with Gasteiger partial charge in [0.1, 0.15) is 5.82 Å². The number of aliphatic carboxylic acids is 2. The number of aryl methyl sites for hydroxylation is 2. The van der Waals surface area contributed by atoms with Crippen LogP contribution in [0.3, 0.4) is 0 Å². The van der Waals surface area contributed by atoms with E-state index in [1.807, 2.05) is 0 Å². The van der Waals surface area contributed by atoms with Gasteiger partial charge in [0.25, 0.3) is 0 Å². The van der Waals surface area contributed by atoms with E-state index in [9.17, 15) is 9.59 Å². The number of benzene rings is 3. The lowest BCUT2D eigenvalue weighted by molar-refractivity contribution is -0.165. The van der Waals surface area contributed by atoms with Crippen LogP contribution >= 0.6 is 0 Å². The fourth-order valence-corrected chi connectivity index (χ4v) is 5.04. The number of hydrogen-bond acceptors (Lipinski definition) is 7. The Kier molecular flexibility index (Phi) is 10.8. The summed E-state index contributed by atoms with van der Waals surface area (Å²) in [6, 6.07) is 30.7. The molecule has 43 heavy (non-hydrogen) atoms. The van der Waals surface area contributed by atoms with Crippen LogP contribution in [0, 0.1) is 13.8 Å². The number of H-pyrrole nitrogens is 1. The van der Waals surface area contributed by atoms with Crippen LogP contribution in [-0.4, -0.2) is 90.5 Å². The second-order valence-corrected chi connectivity index (χ2v) is 10.6. The molecule has 1 aliphatic heterocycles. The molecule has 10 heteroatoms. The van der Waals surface area contributed by atoms with E-state index in [0.29, 0.717) is 6.04 Å². The Morgan fingerprint density at radius 2 is 1.26 bits per heavy atom. The number of hydrogen-bond donors (Lipinski definition) is 5. The van der Waals surface area contributed by atoms with Crippen molar-refractivity contribution in [3.05, 3.63) is 113 Å². The molecule has 1 aromatic heterocycles. The first-order valence-electron chi connectivity index (χ1n) is 14.1. The number of aliphatic hydroxyl groups is 2. The third kappa shape index (κ3) is 8.36. The van der Waals surface area contributed by atoms with Crippen molar-refractivity contribution in [3.8, 4) is 11.4 Å². The minimum Gasteiger partial charge on any atom is -0.479 e. The van der Waals surface area contributed by atoms with Crippen LogP contribution in [0.2, 0.25) is 0 Å². The van der Waals surface area contributed by atoms with Crippen LogP contribution in [0.25, 0.3) is 11.4 Å². The molecule has 10 nitrogen and oxygen atoms in total. The normalized spacial score (nSPS) is 15.4. The molecule has 1 saturated heterocycles. The number of piperazine rings is 1. The van der Waals surface area contributed by atoms with Crippen molar-refractivity contribution in [2.45, 2.75) is 38.6 Å². The number of carboxylic acids is 2. The number of carbonyl (C=O) groups is 2. The summed E-state index contributed by atoms with van der Waals surface area (Å²) < 4.78 is 0. The number of nitrogens with zero attached hydrogens (tertiary/aromatic N) is 3. The largest absolute Gasteiger partial charge is 0.479 e. The van der Waals surface area contributed by atoms with Gasteiger partial charge in [0, 0.05) is 44.0 Å². The maximum Gasteiger partial charge on any atom is 0.335 e. The zero-order chi connectivity index (χ0) is 30.9. The second-order valence-electron chi connectivity index (χ2n) is 10.6. The van der Waals surface area contributed by atoms with E-state index < -0.39 is 24.1 Å². The number of aromatic nitrogens is 2. The number of aliphatic hydroxyl groups excluding tert-OH is 2. The average Bonchev–Trinajstić information content (AvgIpc) is 3.38. The second kappa shape index (κ2) is 14.7. The van der Waals surface area contributed by atoms with Gasteiger partial charge in [-0.1, -0.05) is 90.5 Å². The molecule has 2 unspecified atom stereocenters. The molecule has 5 rings (SSSR count). The fourth-order valence-electron chi connectivity index (χ4n) is 5.04. The van der Waals surface area contributed by atoms with Crippen molar-refractivity contribution in [1.82, 2.24) is 19.8 Å². The standard InChI is InChI=1S/C29H32N4.C4H6O6/c1-22-13-15-26(16-14-22)29-30-23(2)27(31-29)21-32-17-19-33(20-18-32)28(24-9-5-3-6-10-24)25-11-7-4-8-12-25;5-1(3(7)8)2(6)4(9)10/h3-16,28H,17-21H2,1-2H3,(H,30,31);1-2,5-6H,(H,7,8)(H,9,10). The number of rotatable bonds is 9. The summed E-state index contributed by atoms with van der Waals surface area (Å²) in [5, 5.41) is 32.5. The highest BCUT2D eigenvalue weighted by Gasteiger charge is 2.29. The number of carboxylic acid groups (broad SMARTS) is 2. The molecular weight excluding hydrogens is 548 g/mol. The first-order valence-corrected chi connectivity index (χ1v) is 14.1. The van der Waals surface area contributed by atoms with Gasteiger partial charge in [-0.05, 0) is 25.0 Å². The number of aromatic amines is 1. The monoisotopic (exact) mass is 586 g/mol. The van der Waals surface area contributed by atoms with Crippen molar-refractivity contribution in [2.75, 3.05) is 26.2 Å². The number of nitrogens with one attached hydrogen (secondary N) is 1. The first kappa shape index (κ1) is 31.6. The smallest absolute Gasteiger partial charge is 0.335 e. The molecule has 2 atom stereocenters. The van der Waals surface area contributed by atoms with E-state index in [1.165, 1.54) is 22.4 Å². The summed E-state index contributed by atoms with van der Waals surface area (Å²) in [6.45, 7) is 9.32. The molecule has 0 amide bonds. The Hall–Kier alpha value is -4.35. The summed E-state index contributed by atoms with van der Waals surface area (Å²) >= 11 is 0. The van der Waals surface area contributed by atoms with Gasteiger partial charge >= 0.3 is 11.9 Å². The van der Waals surface area contributed by atoms with Crippen LogP contribution in [0.5, 0.6) is 0 Å². The lowest BCUT2D eigenvalue weighted by atomic mass is 9.96. The Morgan fingerprint density at radius 1 is 0.767 bits per heavy atom. The molecule has 0 radical (unpaired) electrons. The molecule has 5 N–H and O–H groups in total. The topological polar surface area (TPSA) is 150 Å². The van der Waals surface area contributed by atoms with E-state index in [0.717, 1.165) is 49.8 Å². The van der Waals surface area contributed by atoms with Gasteiger partial charge in [0.05, 0.1) is 11.7 Å². The van der Waals surface area contributed by atoms with Crippen molar-refractivity contribution >= 4 is 11.9 Å². The van der Waals surface area contributed by atoms with Crippen molar-refractivity contribution < 1.29 is 30.0 Å². The van der Waals surface area contributed by atoms with Crippen LogP contribution in [0.1, 0.15) is 34.1 Å².